The van der Waals surface area contributed by atoms with Crippen molar-refractivity contribution in [1.29, 1.82) is 0 Å². The highest BCUT2D eigenvalue weighted by Crippen LogP contribution is 2.28. The molecule has 0 saturated carbocycles. The third-order valence-corrected chi connectivity index (χ3v) is 4.02. The topological polar surface area (TPSA) is 92.9 Å². The number of hydrogen-bond acceptors (Lipinski definition) is 5. The molecule has 2 aromatic rings. The van der Waals surface area contributed by atoms with Crippen LogP contribution < -0.4 is 0 Å². The molecular formula is C16H15ClN2O5. The lowest BCUT2D eigenvalue weighted by molar-refractivity contribution is -0.160. The van der Waals surface area contributed by atoms with Crippen molar-refractivity contribution in [3.8, 4) is 11.3 Å². The summed E-state index contributed by atoms with van der Waals surface area (Å²) in [5.74, 6) is -1.13. The van der Waals surface area contributed by atoms with Gasteiger partial charge in [-0.1, -0.05) is 28.9 Å². The summed E-state index contributed by atoms with van der Waals surface area (Å²) in [5.41, 5.74) is 0.729. The van der Waals surface area contributed by atoms with E-state index in [-0.39, 0.29) is 24.9 Å². The molecule has 0 radical (unpaired) electrons. The van der Waals surface area contributed by atoms with Crippen LogP contribution in [0.1, 0.15) is 17.4 Å². The van der Waals surface area contributed by atoms with Crippen LogP contribution in [0.3, 0.4) is 0 Å². The zero-order valence-corrected chi connectivity index (χ0v) is 13.6. The monoisotopic (exact) mass is 350 g/mol. The lowest BCUT2D eigenvalue weighted by atomic mass is 10.1. The minimum atomic E-state index is -1.10. The quantitative estimate of drug-likeness (QED) is 0.913. The Morgan fingerprint density at radius 1 is 1.33 bits per heavy atom. The summed E-state index contributed by atoms with van der Waals surface area (Å²) in [6.45, 7) is 1.97. The molecule has 1 aromatic carbocycles. The number of aliphatic carboxylic acids is 1. The van der Waals surface area contributed by atoms with E-state index >= 15 is 0 Å². The Morgan fingerprint density at radius 2 is 2.08 bits per heavy atom. The molecule has 2 atom stereocenters. The molecule has 3 rings (SSSR count). The van der Waals surface area contributed by atoms with Crippen LogP contribution in [0.2, 0.25) is 5.02 Å². The molecule has 126 valence electrons. The van der Waals surface area contributed by atoms with E-state index in [2.05, 4.69) is 5.16 Å². The van der Waals surface area contributed by atoms with Gasteiger partial charge in [0.1, 0.15) is 0 Å². The molecule has 1 N–H and O–H groups in total. The summed E-state index contributed by atoms with van der Waals surface area (Å²) in [6.07, 6.45) is -1.42. The Bertz CT molecular complexity index is 775. The molecule has 0 spiro atoms. The molecule has 1 unspecified atom stereocenters. The largest absolute Gasteiger partial charge is 0.479 e. The van der Waals surface area contributed by atoms with Gasteiger partial charge >= 0.3 is 5.97 Å². The molecule has 1 fully saturated rings. The predicted molar refractivity (Wildman–Crippen MR) is 84.8 cm³/mol. The highest BCUT2D eigenvalue weighted by Gasteiger charge is 2.34. The standard InChI is InChI=1S/C16H15ClN2O5/c1-9-7-19(8-14(23-9)16(21)22)15(20)12-6-13(24-18-12)10-4-2-3-5-11(10)17/h2-6,9,14H,7-8H2,1H3,(H,21,22)/t9-,14?/m1/s1. The van der Waals surface area contributed by atoms with Gasteiger partial charge in [0.15, 0.2) is 17.6 Å². The summed E-state index contributed by atoms with van der Waals surface area (Å²) in [7, 11) is 0. The summed E-state index contributed by atoms with van der Waals surface area (Å²) in [5, 5.41) is 13.4. The number of morpholine rings is 1. The number of halogens is 1. The molecule has 24 heavy (non-hydrogen) atoms. The molecule has 1 aliphatic rings. The van der Waals surface area contributed by atoms with Crippen molar-refractivity contribution in [2.75, 3.05) is 13.1 Å². The van der Waals surface area contributed by atoms with E-state index in [0.29, 0.717) is 16.3 Å². The second-order valence-corrected chi connectivity index (χ2v) is 5.95. The molecule has 1 aliphatic heterocycles. The van der Waals surface area contributed by atoms with Crippen molar-refractivity contribution < 1.29 is 24.0 Å². The summed E-state index contributed by atoms with van der Waals surface area (Å²) in [4.78, 5) is 25.1. The van der Waals surface area contributed by atoms with Crippen LogP contribution >= 0.6 is 11.6 Å². The Kier molecular flexibility index (Phi) is 4.55. The minimum Gasteiger partial charge on any atom is -0.479 e. The van der Waals surface area contributed by atoms with Gasteiger partial charge in [0.2, 0.25) is 0 Å². The van der Waals surface area contributed by atoms with Gasteiger partial charge in [0.25, 0.3) is 5.91 Å². The maximum Gasteiger partial charge on any atom is 0.334 e. The van der Waals surface area contributed by atoms with Gasteiger partial charge in [-0.15, -0.1) is 0 Å². The molecular weight excluding hydrogens is 336 g/mol. The van der Waals surface area contributed by atoms with Gasteiger partial charge in [0, 0.05) is 18.2 Å². The van der Waals surface area contributed by atoms with Crippen molar-refractivity contribution in [3.05, 3.63) is 41.0 Å². The molecule has 8 heteroatoms. The third-order valence-electron chi connectivity index (χ3n) is 3.69. The number of nitrogens with zero attached hydrogens (tertiary/aromatic N) is 2. The van der Waals surface area contributed by atoms with Gasteiger partial charge in [-0.05, 0) is 19.1 Å². The first-order valence-corrected chi connectivity index (χ1v) is 7.72. The Balaban J connectivity index is 1.81. The van der Waals surface area contributed by atoms with Crippen molar-refractivity contribution in [2.45, 2.75) is 19.1 Å². The second-order valence-electron chi connectivity index (χ2n) is 5.54. The number of ether oxygens (including phenoxy) is 1. The first-order chi connectivity index (χ1) is 11.5. The smallest absolute Gasteiger partial charge is 0.334 e. The van der Waals surface area contributed by atoms with E-state index < -0.39 is 18.0 Å². The van der Waals surface area contributed by atoms with Crippen molar-refractivity contribution in [1.82, 2.24) is 10.1 Å². The van der Waals surface area contributed by atoms with E-state index in [4.69, 9.17) is 26.0 Å². The predicted octanol–water partition coefficient (Wildman–Crippen LogP) is 2.31. The maximum atomic E-state index is 12.6. The van der Waals surface area contributed by atoms with Crippen LogP contribution in [-0.2, 0) is 9.53 Å². The summed E-state index contributed by atoms with van der Waals surface area (Å²) in [6, 6.07) is 8.55. The van der Waals surface area contributed by atoms with Crippen LogP contribution in [0.4, 0.5) is 0 Å². The number of carbonyl (C=O) groups excluding carboxylic acids is 1. The van der Waals surface area contributed by atoms with Gasteiger partial charge in [-0.25, -0.2) is 4.79 Å². The molecule has 0 aliphatic carbocycles. The molecule has 0 bridgehead atoms. The van der Waals surface area contributed by atoms with E-state index in [0.717, 1.165) is 0 Å². The van der Waals surface area contributed by atoms with Crippen LogP contribution in [-0.4, -0.2) is 52.3 Å². The number of carbonyl (C=O) groups is 2. The molecule has 1 amide bonds. The fourth-order valence-corrected chi connectivity index (χ4v) is 2.81. The lowest BCUT2D eigenvalue weighted by Gasteiger charge is -2.34. The minimum absolute atomic E-state index is 0.0349. The van der Waals surface area contributed by atoms with E-state index in [1.807, 2.05) is 0 Å². The van der Waals surface area contributed by atoms with E-state index in [1.165, 1.54) is 11.0 Å². The number of rotatable bonds is 3. The van der Waals surface area contributed by atoms with Crippen LogP contribution in [0.5, 0.6) is 0 Å². The summed E-state index contributed by atoms with van der Waals surface area (Å²) >= 11 is 6.10. The van der Waals surface area contributed by atoms with Crippen molar-refractivity contribution >= 4 is 23.5 Å². The van der Waals surface area contributed by atoms with E-state index in [9.17, 15) is 9.59 Å². The fourth-order valence-electron chi connectivity index (χ4n) is 2.58. The average Bonchev–Trinajstić information content (AvgIpc) is 3.03. The highest BCUT2D eigenvalue weighted by molar-refractivity contribution is 6.33. The molecule has 1 saturated heterocycles. The fraction of sp³-hybridized carbons (Fsp3) is 0.312. The maximum absolute atomic E-state index is 12.6. The van der Waals surface area contributed by atoms with Crippen LogP contribution in [0.15, 0.2) is 34.9 Å². The van der Waals surface area contributed by atoms with Crippen molar-refractivity contribution in [3.63, 3.8) is 0 Å². The number of aromatic nitrogens is 1. The van der Waals surface area contributed by atoms with Gasteiger partial charge in [-0.3, -0.25) is 4.79 Å². The van der Waals surface area contributed by atoms with Crippen molar-refractivity contribution in [2.24, 2.45) is 0 Å². The SMILES string of the molecule is C[C@@H]1CN(C(=O)c2cc(-c3ccccc3Cl)on2)CC(C(=O)O)O1. The van der Waals surface area contributed by atoms with Crippen LogP contribution in [0, 0.1) is 0 Å². The molecule has 2 heterocycles. The highest BCUT2D eigenvalue weighted by atomic mass is 35.5. The normalized spacial score (nSPS) is 20.8. The summed E-state index contributed by atoms with van der Waals surface area (Å²) < 4.78 is 10.5. The number of benzene rings is 1. The van der Waals surface area contributed by atoms with Crippen LogP contribution in [0.25, 0.3) is 11.3 Å². The van der Waals surface area contributed by atoms with Gasteiger partial charge < -0.3 is 19.3 Å². The van der Waals surface area contributed by atoms with Gasteiger partial charge in [0.05, 0.1) is 17.7 Å². The third kappa shape index (κ3) is 3.27. The zero-order valence-electron chi connectivity index (χ0n) is 12.8. The number of carboxylic acids is 1. The number of amides is 1. The Hall–Kier alpha value is -2.38. The Labute approximate surface area is 142 Å². The first-order valence-electron chi connectivity index (χ1n) is 7.35. The number of hydrogen-bond donors (Lipinski definition) is 1. The first kappa shape index (κ1) is 16.5. The molecule has 7 nitrogen and oxygen atoms in total. The lowest BCUT2D eigenvalue weighted by Crippen LogP contribution is -2.51. The average molecular weight is 351 g/mol. The van der Waals surface area contributed by atoms with Gasteiger partial charge in [-0.2, -0.15) is 0 Å². The Morgan fingerprint density at radius 3 is 2.79 bits per heavy atom. The van der Waals surface area contributed by atoms with E-state index in [1.54, 1.807) is 31.2 Å². The second kappa shape index (κ2) is 6.62. The zero-order chi connectivity index (χ0) is 17.3. The number of carboxylic acid groups (broad SMARTS) is 1. The molecule has 1 aromatic heterocycles.